The molecule has 0 unspecified atom stereocenters. The first-order valence-corrected chi connectivity index (χ1v) is 11.9. The molecule has 0 aromatic carbocycles. The van der Waals surface area contributed by atoms with Crippen molar-refractivity contribution in [2.24, 2.45) is 0 Å². The second-order valence-corrected chi connectivity index (χ2v) is 8.34. The van der Waals surface area contributed by atoms with E-state index >= 15 is 0 Å². The molecule has 0 bridgehead atoms. The number of aromatic nitrogens is 3. The van der Waals surface area contributed by atoms with Gasteiger partial charge in [0.15, 0.2) is 5.69 Å². The number of amides is 1. The monoisotopic (exact) mass is 460 g/mol. The fraction of sp³-hybridized carbons (Fsp3) is 0.478. The zero-order valence-electron chi connectivity index (χ0n) is 19.5. The standard InChI is InChI=1S/C21H27FN6OS.C2H6/c1-4-23-7-5-6-8-25-20(29)18-19-17(9-13(2)30-19)27-21(28-18)26-14(3)15-10-16(22)12-24-11-15;1-2/h9-12,14,23H,4-8H2,1-3H3,(H,25,29)(H,26,27,28);1-2H3/t14-;/m0./s1. The lowest BCUT2D eigenvalue weighted by Gasteiger charge is -2.15. The summed E-state index contributed by atoms with van der Waals surface area (Å²) < 4.78 is 14.3. The molecule has 0 saturated heterocycles. The fourth-order valence-electron chi connectivity index (χ4n) is 3.05. The van der Waals surface area contributed by atoms with Crippen molar-refractivity contribution < 1.29 is 9.18 Å². The summed E-state index contributed by atoms with van der Waals surface area (Å²) >= 11 is 1.50. The molecule has 0 fully saturated rings. The highest BCUT2D eigenvalue weighted by molar-refractivity contribution is 7.19. The van der Waals surface area contributed by atoms with Crippen LogP contribution in [0.4, 0.5) is 10.3 Å². The van der Waals surface area contributed by atoms with Crippen LogP contribution in [0.5, 0.6) is 0 Å². The lowest BCUT2D eigenvalue weighted by Crippen LogP contribution is -2.27. The first-order valence-electron chi connectivity index (χ1n) is 11.1. The number of nitrogens with zero attached hydrogens (tertiary/aromatic N) is 3. The van der Waals surface area contributed by atoms with Crippen LogP contribution in [-0.4, -0.2) is 40.5 Å². The molecule has 1 atom stereocenters. The molecule has 9 heteroatoms. The number of pyridine rings is 1. The Morgan fingerprint density at radius 1 is 1.16 bits per heavy atom. The highest BCUT2D eigenvalue weighted by atomic mass is 32.1. The number of fused-ring (bicyclic) bond motifs is 1. The van der Waals surface area contributed by atoms with Gasteiger partial charge < -0.3 is 16.0 Å². The van der Waals surface area contributed by atoms with Crippen LogP contribution in [0, 0.1) is 12.7 Å². The molecule has 174 valence electrons. The first-order chi connectivity index (χ1) is 15.5. The van der Waals surface area contributed by atoms with Crippen LogP contribution in [-0.2, 0) is 0 Å². The van der Waals surface area contributed by atoms with E-state index in [4.69, 9.17) is 0 Å². The summed E-state index contributed by atoms with van der Waals surface area (Å²) in [5, 5.41) is 9.39. The Hall–Kier alpha value is -2.65. The number of carbonyl (C=O) groups excluding carboxylic acids is 1. The number of nitrogens with one attached hydrogen (secondary N) is 3. The zero-order chi connectivity index (χ0) is 23.5. The van der Waals surface area contributed by atoms with Crippen LogP contribution in [0.25, 0.3) is 10.2 Å². The number of hydrogen-bond donors (Lipinski definition) is 3. The largest absolute Gasteiger partial charge is 0.351 e. The van der Waals surface area contributed by atoms with Crippen molar-refractivity contribution in [3.63, 3.8) is 0 Å². The molecule has 0 aliphatic rings. The van der Waals surface area contributed by atoms with Gasteiger partial charge in [-0.1, -0.05) is 20.8 Å². The predicted molar refractivity (Wildman–Crippen MR) is 130 cm³/mol. The number of unbranched alkanes of at least 4 members (excludes halogenated alkanes) is 1. The van der Waals surface area contributed by atoms with Gasteiger partial charge in [-0.25, -0.2) is 14.4 Å². The Labute approximate surface area is 193 Å². The summed E-state index contributed by atoms with van der Waals surface area (Å²) in [5.41, 5.74) is 1.75. The van der Waals surface area contributed by atoms with Gasteiger partial charge in [-0.3, -0.25) is 9.78 Å². The summed E-state index contributed by atoms with van der Waals surface area (Å²) in [6, 6.07) is 3.08. The predicted octanol–water partition coefficient (Wildman–Crippen LogP) is 4.85. The average Bonchev–Trinajstić information content (AvgIpc) is 3.16. The van der Waals surface area contributed by atoms with E-state index in [2.05, 4.69) is 37.8 Å². The lowest BCUT2D eigenvalue weighted by atomic mass is 10.1. The van der Waals surface area contributed by atoms with Gasteiger partial charge in [0.25, 0.3) is 5.91 Å². The van der Waals surface area contributed by atoms with Crippen LogP contribution in [0.2, 0.25) is 0 Å². The topological polar surface area (TPSA) is 91.8 Å². The van der Waals surface area contributed by atoms with Gasteiger partial charge in [0.05, 0.1) is 22.5 Å². The van der Waals surface area contributed by atoms with Crippen molar-refractivity contribution in [3.8, 4) is 0 Å². The Balaban J connectivity index is 0.00000176. The van der Waals surface area contributed by atoms with Crippen LogP contribution >= 0.6 is 11.3 Å². The third-order valence-electron chi connectivity index (χ3n) is 4.60. The van der Waals surface area contributed by atoms with E-state index in [0.29, 0.717) is 23.8 Å². The van der Waals surface area contributed by atoms with Crippen molar-refractivity contribution >= 4 is 33.4 Å². The quantitative estimate of drug-likeness (QED) is 0.375. The third kappa shape index (κ3) is 7.20. The second-order valence-electron chi connectivity index (χ2n) is 7.09. The van der Waals surface area contributed by atoms with Gasteiger partial charge in [0.2, 0.25) is 5.95 Å². The van der Waals surface area contributed by atoms with Gasteiger partial charge in [-0.15, -0.1) is 11.3 Å². The van der Waals surface area contributed by atoms with Crippen molar-refractivity contribution in [1.29, 1.82) is 0 Å². The smallest absolute Gasteiger partial charge is 0.271 e. The Bertz CT molecular complexity index is 1010. The minimum Gasteiger partial charge on any atom is -0.351 e. The molecule has 3 heterocycles. The summed E-state index contributed by atoms with van der Waals surface area (Å²) in [6.45, 7) is 12.4. The minimum atomic E-state index is -0.403. The van der Waals surface area contributed by atoms with Gasteiger partial charge in [-0.05, 0) is 57.5 Å². The van der Waals surface area contributed by atoms with Gasteiger partial charge in [-0.2, -0.15) is 0 Å². The molecule has 1 amide bonds. The van der Waals surface area contributed by atoms with Crippen LogP contribution < -0.4 is 16.0 Å². The second kappa shape index (κ2) is 13.0. The van der Waals surface area contributed by atoms with Crippen molar-refractivity contribution in [2.45, 2.75) is 53.5 Å². The lowest BCUT2D eigenvalue weighted by molar-refractivity contribution is 0.0950. The van der Waals surface area contributed by atoms with Crippen molar-refractivity contribution in [1.82, 2.24) is 25.6 Å². The highest BCUT2D eigenvalue weighted by Gasteiger charge is 2.18. The molecule has 3 rings (SSSR count). The van der Waals surface area contributed by atoms with Crippen LogP contribution in [0.15, 0.2) is 24.5 Å². The normalized spacial score (nSPS) is 11.6. The average molecular weight is 461 g/mol. The third-order valence-corrected chi connectivity index (χ3v) is 5.64. The van der Waals surface area contributed by atoms with E-state index in [-0.39, 0.29) is 11.9 Å². The zero-order valence-corrected chi connectivity index (χ0v) is 20.3. The molecule has 0 radical (unpaired) electrons. The van der Waals surface area contributed by atoms with Gasteiger partial charge >= 0.3 is 0 Å². The van der Waals surface area contributed by atoms with E-state index in [1.54, 1.807) is 6.20 Å². The Morgan fingerprint density at radius 2 is 1.91 bits per heavy atom. The molecule has 3 aromatic heterocycles. The maximum atomic E-state index is 13.5. The molecule has 0 spiro atoms. The minimum absolute atomic E-state index is 0.212. The van der Waals surface area contributed by atoms with E-state index in [1.807, 2.05) is 33.8 Å². The molecule has 0 saturated carbocycles. The molecule has 32 heavy (non-hydrogen) atoms. The van der Waals surface area contributed by atoms with E-state index < -0.39 is 5.82 Å². The molecule has 0 aliphatic carbocycles. The Kier molecular flexibility index (Phi) is 10.4. The molecule has 0 aliphatic heterocycles. The number of halogens is 1. The molecule has 3 aromatic rings. The Morgan fingerprint density at radius 3 is 2.62 bits per heavy atom. The van der Waals surface area contributed by atoms with Crippen LogP contribution in [0.3, 0.4) is 0 Å². The van der Waals surface area contributed by atoms with Gasteiger partial charge in [0.1, 0.15) is 5.82 Å². The highest BCUT2D eigenvalue weighted by Crippen LogP contribution is 2.28. The number of hydrogen-bond acceptors (Lipinski definition) is 7. The van der Waals surface area contributed by atoms with Crippen molar-refractivity contribution in [3.05, 3.63) is 46.5 Å². The van der Waals surface area contributed by atoms with Crippen molar-refractivity contribution in [2.75, 3.05) is 25.0 Å². The number of carbonyl (C=O) groups is 1. The molecular formula is C23H33FN6OS. The van der Waals surface area contributed by atoms with E-state index in [9.17, 15) is 9.18 Å². The summed E-state index contributed by atoms with van der Waals surface area (Å²) in [5.74, 6) is -0.287. The number of rotatable bonds is 10. The summed E-state index contributed by atoms with van der Waals surface area (Å²) in [4.78, 5) is 26.8. The van der Waals surface area contributed by atoms with E-state index in [0.717, 1.165) is 47.2 Å². The fourth-order valence-corrected chi connectivity index (χ4v) is 3.98. The molecular weight excluding hydrogens is 427 g/mol. The maximum Gasteiger partial charge on any atom is 0.271 e. The SMILES string of the molecule is CC.CCNCCCCNC(=O)c1nc(N[C@@H](C)c2cncc(F)c2)nc2cc(C)sc12. The maximum absolute atomic E-state index is 13.5. The summed E-state index contributed by atoms with van der Waals surface area (Å²) in [7, 11) is 0. The number of anilines is 1. The molecule has 3 N–H and O–H groups in total. The number of thiophene rings is 1. The van der Waals surface area contributed by atoms with E-state index in [1.165, 1.54) is 17.4 Å². The summed E-state index contributed by atoms with van der Waals surface area (Å²) in [6.07, 6.45) is 4.64. The van der Waals surface area contributed by atoms with Gasteiger partial charge in [0, 0.05) is 17.6 Å². The van der Waals surface area contributed by atoms with Crippen LogP contribution in [0.1, 0.15) is 67.5 Å². The first kappa shape index (κ1) is 25.6. The number of aryl methyl sites for hydroxylation is 1. The molecule has 7 nitrogen and oxygen atoms in total.